The summed E-state index contributed by atoms with van der Waals surface area (Å²) in [6, 6.07) is 19.6. The largest absolute Gasteiger partial charge is 0.347 e. The first-order valence-corrected chi connectivity index (χ1v) is 8.31. The molecule has 0 aromatic heterocycles. The first-order chi connectivity index (χ1) is 11.7. The second kappa shape index (κ2) is 9.50. The number of carbonyl (C=O) groups excluding carboxylic acids is 2. The summed E-state index contributed by atoms with van der Waals surface area (Å²) in [4.78, 5) is 26.0. The van der Waals surface area contributed by atoms with Gasteiger partial charge in [0.15, 0.2) is 0 Å². The van der Waals surface area contributed by atoms with Gasteiger partial charge in [-0.05, 0) is 24.5 Å². The van der Waals surface area contributed by atoms with Crippen molar-refractivity contribution in [2.45, 2.75) is 19.8 Å². The molecule has 0 atom stereocenters. The van der Waals surface area contributed by atoms with Gasteiger partial charge in [0, 0.05) is 13.1 Å². The van der Waals surface area contributed by atoms with E-state index in [4.69, 9.17) is 0 Å². The molecule has 0 fully saturated rings. The van der Waals surface area contributed by atoms with Crippen LogP contribution in [0.3, 0.4) is 0 Å². The highest BCUT2D eigenvalue weighted by Gasteiger charge is 2.13. The molecule has 2 aromatic rings. The van der Waals surface area contributed by atoms with E-state index in [-0.39, 0.29) is 18.4 Å². The molecule has 24 heavy (non-hydrogen) atoms. The van der Waals surface area contributed by atoms with Gasteiger partial charge in [-0.25, -0.2) is 0 Å². The molecule has 0 bridgehead atoms. The molecule has 4 nitrogen and oxygen atoms in total. The van der Waals surface area contributed by atoms with E-state index >= 15 is 0 Å². The van der Waals surface area contributed by atoms with Gasteiger partial charge in [-0.2, -0.15) is 0 Å². The van der Waals surface area contributed by atoms with Crippen LogP contribution in [0.25, 0.3) is 0 Å². The zero-order chi connectivity index (χ0) is 17.2. The van der Waals surface area contributed by atoms with Gasteiger partial charge in [-0.15, -0.1) is 0 Å². The molecule has 0 saturated carbocycles. The highest BCUT2D eigenvalue weighted by molar-refractivity contribution is 5.85. The smallest absolute Gasteiger partial charge is 0.241 e. The minimum Gasteiger partial charge on any atom is -0.347 e. The van der Waals surface area contributed by atoms with E-state index in [2.05, 4.69) is 17.4 Å². The molecular weight excluding hydrogens is 300 g/mol. The third-order valence-electron chi connectivity index (χ3n) is 3.89. The van der Waals surface area contributed by atoms with Gasteiger partial charge >= 0.3 is 0 Å². The molecule has 0 aliphatic carbocycles. The molecule has 2 amide bonds. The van der Waals surface area contributed by atoms with Gasteiger partial charge in [-0.3, -0.25) is 9.59 Å². The third kappa shape index (κ3) is 5.88. The Morgan fingerprint density at radius 1 is 0.917 bits per heavy atom. The number of hydrogen-bond acceptors (Lipinski definition) is 2. The summed E-state index contributed by atoms with van der Waals surface area (Å²) < 4.78 is 0. The predicted molar refractivity (Wildman–Crippen MR) is 95.6 cm³/mol. The Labute approximate surface area is 143 Å². The Balaban J connectivity index is 1.76. The molecule has 2 rings (SSSR count). The predicted octanol–water partition coefficient (Wildman–Crippen LogP) is 2.44. The first kappa shape index (κ1) is 17.7. The van der Waals surface area contributed by atoms with Gasteiger partial charge in [0.05, 0.1) is 13.0 Å². The Hall–Kier alpha value is -2.62. The highest BCUT2D eigenvalue weighted by Crippen LogP contribution is 2.02. The van der Waals surface area contributed by atoms with Crippen LogP contribution in [-0.4, -0.2) is 36.3 Å². The number of hydrogen-bond donors (Lipinski definition) is 1. The summed E-state index contributed by atoms with van der Waals surface area (Å²) in [5.74, 6) is -0.177. The molecule has 2 aromatic carbocycles. The van der Waals surface area contributed by atoms with Crippen molar-refractivity contribution in [2.75, 3.05) is 19.6 Å². The Morgan fingerprint density at radius 3 is 2.08 bits per heavy atom. The average molecular weight is 324 g/mol. The maximum atomic E-state index is 12.3. The molecule has 0 aliphatic rings. The molecule has 0 saturated heterocycles. The zero-order valence-corrected chi connectivity index (χ0v) is 14.1. The van der Waals surface area contributed by atoms with Crippen molar-refractivity contribution in [3.63, 3.8) is 0 Å². The van der Waals surface area contributed by atoms with Crippen molar-refractivity contribution >= 4 is 11.8 Å². The molecule has 0 aliphatic heterocycles. The Bertz CT molecular complexity index is 641. The maximum Gasteiger partial charge on any atom is 0.241 e. The summed E-state index contributed by atoms with van der Waals surface area (Å²) in [7, 11) is 0. The minimum absolute atomic E-state index is 0.0464. The fraction of sp³-hybridized carbons (Fsp3) is 0.300. The molecule has 0 heterocycles. The Morgan fingerprint density at radius 2 is 1.50 bits per heavy atom. The second-order valence-corrected chi connectivity index (χ2v) is 5.65. The number of nitrogens with zero attached hydrogens (tertiary/aromatic N) is 1. The second-order valence-electron chi connectivity index (χ2n) is 5.65. The minimum atomic E-state index is -0.131. The van der Waals surface area contributed by atoms with Gasteiger partial charge in [0.25, 0.3) is 0 Å². The molecule has 1 N–H and O–H groups in total. The summed E-state index contributed by atoms with van der Waals surface area (Å²) in [5.41, 5.74) is 2.15. The topological polar surface area (TPSA) is 49.4 Å². The maximum absolute atomic E-state index is 12.3. The lowest BCUT2D eigenvalue weighted by atomic mass is 10.1. The lowest BCUT2D eigenvalue weighted by molar-refractivity contribution is -0.132. The van der Waals surface area contributed by atoms with Gasteiger partial charge in [-0.1, -0.05) is 60.7 Å². The van der Waals surface area contributed by atoms with E-state index in [1.165, 1.54) is 5.56 Å². The molecule has 126 valence electrons. The van der Waals surface area contributed by atoms with Crippen LogP contribution in [0, 0.1) is 0 Å². The van der Waals surface area contributed by atoms with Crippen LogP contribution in [0.1, 0.15) is 18.1 Å². The molecule has 0 spiro atoms. The lowest BCUT2D eigenvalue weighted by Crippen LogP contribution is -2.41. The van der Waals surface area contributed by atoms with Crippen LogP contribution in [0.4, 0.5) is 0 Å². The van der Waals surface area contributed by atoms with Crippen LogP contribution >= 0.6 is 0 Å². The van der Waals surface area contributed by atoms with E-state index in [0.717, 1.165) is 12.0 Å². The van der Waals surface area contributed by atoms with E-state index in [1.54, 1.807) is 4.90 Å². The summed E-state index contributed by atoms with van der Waals surface area (Å²) >= 11 is 0. The number of rotatable bonds is 8. The third-order valence-corrected chi connectivity index (χ3v) is 3.89. The van der Waals surface area contributed by atoms with Crippen LogP contribution in [-0.2, 0) is 22.4 Å². The summed E-state index contributed by atoms with van der Waals surface area (Å²) in [5, 5.41) is 2.71. The number of carbonyl (C=O) groups is 2. The van der Waals surface area contributed by atoms with E-state index < -0.39 is 0 Å². The van der Waals surface area contributed by atoms with E-state index in [9.17, 15) is 9.59 Å². The van der Waals surface area contributed by atoms with Crippen LogP contribution < -0.4 is 5.32 Å². The van der Waals surface area contributed by atoms with E-state index in [0.29, 0.717) is 19.5 Å². The van der Waals surface area contributed by atoms with Crippen molar-refractivity contribution in [3.8, 4) is 0 Å². The first-order valence-electron chi connectivity index (χ1n) is 8.31. The lowest BCUT2D eigenvalue weighted by Gasteiger charge is -2.21. The van der Waals surface area contributed by atoms with Gasteiger partial charge in [0.2, 0.25) is 11.8 Å². The molecule has 4 heteroatoms. The average Bonchev–Trinajstić information content (AvgIpc) is 2.62. The summed E-state index contributed by atoms with van der Waals surface area (Å²) in [6.45, 7) is 3.30. The van der Waals surface area contributed by atoms with Crippen LogP contribution in [0.15, 0.2) is 60.7 Å². The van der Waals surface area contributed by atoms with Crippen molar-refractivity contribution in [3.05, 3.63) is 71.8 Å². The van der Waals surface area contributed by atoms with Crippen molar-refractivity contribution in [1.29, 1.82) is 0 Å². The van der Waals surface area contributed by atoms with Crippen molar-refractivity contribution in [2.24, 2.45) is 0 Å². The van der Waals surface area contributed by atoms with Crippen LogP contribution in [0.5, 0.6) is 0 Å². The fourth-order valence-corrected chi connectivity index (χ4v) is 2.50. The molecule has 0 radical (unpaired) electrons. The van der Waals surface area contributed by atoms with Crippen LogP contribution in [0.2, 0.25) is 0 Å². The van der Waals surface area contributed by atoms with Gasteiger partial charge in [0.1, 0.15) is 0 Å². The van der Waals surface area contributed by atoms with Crippen molar-refractivity contribution in [1.82, 2.24) is 10.2 Å². The Kier molecular flexibility index (Phi) is 7.02. The highest BCUT2D eigenvalue weighted by atomic mass is 16.2. The quantitative estimate of drug-likeness (QED) is 0.811. The summed E-state index contributed by atoms with van der Waals surface area (Å²) in [6.07, 6.45) is 1.11. The molecular formula is C20H24N2O2. The van der Waals surface area contributed by atoms with Gasteiger partial charge < -0.3 is 10.2 Å². The molecule has 0 unspecified atom stereocenters. The number of nitrogens with one attached hydrogen (secondary N) is 1. The standard InChI is InChI=1S/C20H24N2O2/c1-2-22(14-13-17-9-5-3-6-10-17)20(24)16-21-19(23)15-18-11-7-4-8-12-18/h3-12H,2,13-16H2,1H3,(H,21,23). The monoisotopic (exact) mass is 324 g/mol. The normalized spacial score (nSPS) is 10.2. The van der Waals surface area contributed by atoms with E-state index in [1.807, 2.05) is 55.5 Å². The van der Waals surface area contributed by atoms with Crippen molar-refractivity contribution < 1.29 is 9.59 Å². The fourth-order valence-electron chi connectivity index (χ4n) is 2.50. The zero-order valence-electron chi connectivity index (χ0n) is 14.1. The number of amides is 2. The number of benzene rings is 2. The number of likely N-dealkylation sites (N-methyl/N-ethyl adjacent to an activating group) is 1. The SMILES string of the molecule is CCN(CCc1ccccc1)C(=O)CNC(=O)Cc1ccccc1.